The van der Waals surface area contributed by atoms with Crippen LogP contribution in [0.5, 0.6) is 0 Å². The van der Waals surface area contributed by atoms with Crippen LogP contribution < -0.4 is 10.2 Å². The lowest BCUT2D eigenvalue weighted by atomic mass is 10.1. The van der Waals surface area contributed by atoms with Gasteiger partial charge in [-0.05, 0) is 19.8 Å². The Hall–Kier alpha value is -2.72. The van der Waals surface area contributed by atoms with E-state index in [-0.39, 0.29) is 6.10 Å². The summed E-state index contributed by atoms with van der Waals surface area (Å²) < 4.78 is 12.9. The van der Waals surface area contributed by atoms with Crippen molar-refractivity contribution >= 4 is 17.3 Å². The molecule has 2 saturated heterocycles. The third-order valence-corrected chi connectivity index (χ3v) is 5.25. The molecule has 2 aliphatic heterocycles. The van der Waals surface area contributed by atoms with Crippen LogP contribution in [-0.4, -0.2) is 74.8 Å². The van der Waals surface area contributed by atoms with Gasteiger partial charge in [-0.3, -0.25) is 5.10 Å². The first kappa shape index (κ1) is 17.4. The molecular weight excluding hydrogens is 360 g/mol. The summed E-state index contributed by atoms with van der Waals surface area (Å²) in [5.74, 6) is 0.626. The van der Waals surface area contributed by atoms with Gasteiger partial charge in [-0.15, -0.1) is 5.10 Å². The summed E-state index contributed by atoms with van der Waals surface area (Å²) in [6.45, 7) is 5.86. The molecule has 0 saturated carbocycles. The highest BCUT2D eigenvalue weighted by Crippen LogP contribution is 2.33. The second kappa shape index (κ2) is 7.36. The Kier molecular flexibility index (Phi) is 4.57. The third-order valence-electron chi connectivity index (χ3n) is 5.25. The van der Waals surface area contributed by atoms with E-state index in [1.165, 1.54) is 0 Å². The Balaban J connectivity index is 1.56. The molecule has 1 atom stereocenters. The van der Waals surface area contributed by atoms with Gasteiger partial charge < -0.3 is 19.7 Å². The largest absolute Gasteiger partial charge is 0.381 e. The molecule has 148 valence electrons. The van der Waals surface area contributed by atoms with Crippen LogP contribution in [0.25, 0.3) is 16.9 Å². The predicted octanol–water partition coefficient (Wildman–Crippen LogP) is 1.33. The van der Waals surface area contributed by atoms with Crippen molar-refractivity contribution in [2.24, 2.45) is 0 Å². The van der Waals surface area contributed by atoms with Crippen LogP contribution in [0.3, 0.4) is 0 Å². The Labute approximate surface area is 162 Å². The second-order valence-corrected chi connectivity index (χ2v) is 7.29. The molecule has 0 unspecified atom stereocenters. The number of nitrogens with zero attached hydrogens (tertiary/aromatic N) is 6. The summed E-state index contributed by atoms with van der Waals surface area (Å²) in [5, 5.41) is 15.0. The van der Waals surface area contributed by atoms with Crippen molar-refractivity contribution < 1.29 is 9.47 Å². The summed E-state index contributed by atoms with van der Waals surface area (Å²) in [5.41, 5.74) is 3.53. The number of fused-ring (bicyclic) bond motifs is 1. The summed E-state index contributed by atoms with van der Waals surface area (Å²) in [6.07, 6.45) is 7.42. The fraction of sp³-hybridized carbons (Fsp3) is 0.556. The summed E-state index contributed by atoms with van der Waals surface area (Å²) in [6, 6.07) is 0.333. The molecule has 3 aromatic rings. The number of nitrogens with one attached hydrogen (secondary N) is 2. The predicted molar refractivity (Wildman–Crippen MR) is 103 cm³/mol. The van der Waals surface area contributed by atoms with Gasteiger partial charge in [0.1, 0.15) is 17.7 Å². The zero-order chi connectivity index (χ0) is 18.9. The first-order valence-electron chi connectivity index (χ1n) is 9.73. The van der Waals surface area contributed by atoms with Gasteiger partial charge in [-0.1, -0.05) is 0 Å². The van der Waals surface area contributed by atoms with Crippen LogP contribution in [0.2, 0.25) is 0 Å². The highest BCUT2D eigenvalue weighted by atomic mass is 16.5. The molecule has 3 aromatic heterocycles. The van der Waals surface area contributed by atoms with Crippen LogP contribution in [0.4, 0.5) is 11.6 Å². The van der Waals surface area contributed by atoms with E-state index in [4.69, 9.17) is 14.5 Å². The molecule has 5 rings (SSSR count). The van der Waals surface area contributed by atoms with Crippen LogP contribution in [0.15, 0.2) is 18.7 Å². The Morgan fingerprint density at radius 2 is 2.14 bits per heavy atom. The minimum Gasteiger partial charge on any atom is -0.381 e. The van der Waals surface area contributed by atoms with E-state index >= 15 is 0 Å². The maximum absolute atomic E-state index is 5.73. The van der Waals surface area contributed by atoms with Gasteiger partial charge in [0.25, 0.3) is 0 Å². The molecule has 0 amide bonds. The minimum atomic E-state index is 0.147. The van der Waals surface area contributed by atoms with E-state index in [0.29, 0.717) is 18.6 Å². The normalized spacial score (nSPS) is 21.3. The number of aromatic amines is 1. The lowest BCUT2D eigenvalue weighted by molar-refractivity contribution is 0.0533. The average Bonchev–Trinajstić information content (AvgIpc) is 3.37. The monoisotopic (exact) mass is 384 g/mol. The topological polar surface area (TPSA) is 105 Å². The first-order chi connectivity index (χ1) is 13.8. The van der Waals surface area contributed by atoms with Gasteiger partial charge in [0.05, 0.1) is 18.9 Å². The molecule has 2 aliphatic rings. The number of aromatic nitrogens is 6. The van der Waals surface area contributed by atoms with Crippen molar-refractivity contribution in [3.8, 4) is 11.3 Å². The van der Waals surface area contributed by atoms with Crippen LogP contribution in [-0.2, 0) is 9.47 Å². The molecule has 28 heavy (non-hydrogen) atoms. The summed E-state index contributed by atoms with van der Waals surface area (Å²) in [7, 11) is 0. The minimum absolute atomic E-state index is 0.147. The number of hydrogen-bond donors (Lipinski definition) is 2. The molecule has 0 aliphatic carbocycles. The zero-order valence-electron chi connectivity index (χ0n) is 15.8. The molecule has 0 spiro atoms. The van der Waals surface area contributed by atoms with E-state index in [9.17, 15) is 0 Å². The van der Waals surface area contributed by atoms with E-state index in [1.807, 2.05) is 6.20 Å². The SMILES string of the molecule is C[C@@H]1CN(c2c(-c3cn[nH]c3)ncn3nc(NC4CCOCC4)nc23)CCO1. The molecule has 0 aromatic carbocycles. The molecule has 10 heteroatoms. The van der Waals surface area contributed by atoms with Crippen molar-refractivity contribution in [3.05, 3.63) is 18.7 Å². The first-order valence-corrected chi connectivity index (χ1v) is 9.73. The van der Waals surface area contributed by atoms with E-state index in [1.54, 1.807) is 17.0 Å². The number of anilines is 2. The van der Waals surface area contributed by atoms with Gasteiger partial charge in [-0.25, -0.2) is 4.98 Å². The number of hydrogen-bond acceptors (Lipinski definition) is 8. The lowest BCUT2D eigenvalue weighted by Gasteiger charge is -2.33. The van der Waals surface area contributed by atoms with E-state index in [2.05, 4.69) is 37.4 Å². The Morgan fingerprint density at radius 1 is 1.25 bits per heavy atom. The van der Waals surface area contributed by atoms with Crippen LogP contribution in [0.1, 0.15) is 19.8 Å². The quantitative estimate of drug-likeness (QED) is 0.694. The number of H-pyrrole nitrogens is 1. The van der Waals surface area contributed by atoms with Crippen LogP contribution in [0, 0.1) is 0 Å². The van der Waals surface area contributed by atoms with Gasteiger partial charge in [0, 0.05) is 44.1 Å². The fourth-order valence-electron chi connectivity index (χ4n) is 3.83. The maximum Gasteiger partial charge on any atom is 0.243 e. The van der Waals surface area contributed by atoms with E-state index in [0.717, 1.165) is 61.7 Å². The molecule has 10 nitrogen and oxygen atoms in total. The molecule has 2 fully saturated rings. The molecule has 5 heterocycles. The van der Waals surface area contributed by atoms with Crippen LogP contribution >= 0.6 is 0 Å². The summed E-state index contributed by atoms with van der Waals surface area (Å²) in [4.78, 5) is 11.8. The highest BCUT2D eigenvalue weighted by Gasteiger charge is 2.26. The van der Waals surface area contributed by atoms with Crippen molar-refractivity contribution in [1.82, 2.24) is 29.8 Å². The third kappa shape index (κ3) is 3.29. The lowest BCUT2D eigenvalue weighted by Crippen LogP contribution is -2.41. The van der Waals surface area contributed by atoms with Gasteiger partial charge in [0.15, 0.2) is 5.65 Å². The molecule has 0 radical (unpaired) electrons. The smallest absolute Gasteiger partial charge is 0.243 e. The maximum atomic E-state index is 5.73. The molecule has 0 bridgehead atoms. The standard InChI is InChI=1S/C18H24N8O2/c1-12-10-25(4-7-28-12)16-15(13-8-20-21-9-13)19-11-26-17(16)23-18(24-26)22-14-2-5-27-6-3-14/h8-9,11-12,14H,2-7,10H2,1H3,(H,20,21)(H,22,24)/t12-/m1/s1. The van der Waals surface area contributed by atoms with Gasteiger partial charge in [0.2, 0.25) is 5.95 Å². The average molecular weight is 384 g/mol. The van der Waals surface area contributed by atoms with E-state index < -0.39 is 0 Å². The van der Waals surface area contributed by atoms with Crippen molar-refractivity contribution in [1.29, 1.82) is 0 Å². The van der Waals surface area contributed by atoms with Gasteiger partial charge in [-0.2, -0.15) is 14.6 Å². The number of morpholine rings is 1. The van der Waals surface area contributed by atoms with Crippen molar-refractivity contribution in [2.45, 2.75) is 31.9 Å². The van der Waals surface area contributed by atoms with Crippen molar-refractivity contribution in [2.75, 3.05) is 43.1 Å². The molecular formula is C18H24N8O2. The highest BCUT2D eigenvalue weighted by molar-refractivity contribution is 5.85. The Morgan fingerprint density at radius 3 is 2.93 bits per heavy atom. The molecule has 2 N–H and O–H groups in total. The number of ether oxygens (including phenoxy) is 2. The number of rotatable bonds is 4. The van der Waals surface area contributed by atoms with Gasteiger partial charge >= 0.3 is 0 Å². The zero-order valence-corrected chi connectivity index (χ0v) is 15.8. The summed E-state index contributed by atoms with van der Waals surface area (Å²) >= 11 is 0. The second-order valence-electron chi connectivity index (χ2n) is 7.29. The van der Waals surface area contributed by atoms with Crippen molar-refractivity contribution in [3.63, 3.8) is 0 Å². The Bertz CT molecular complexity index is 935. The fourth-order valence-corrected chi connectivity index (χ4v) is 3.83.